The number of primary amides is 1. The largest absolute Gasteiger partial charge is 0.366 e. The van der Waals surface area contributed by atoms with Gasteiger partial charge in [-0.2, -0.15) is 0 Å². The summed E-state index contributed by atoms with van der Waals surface area (Å²) < 4.78 is 0. The molecule has 0 saturated heterocycles. The Morgan fingerprint density at radius 1 is 0.957 bits per heavy atom. The Morgan fingerprint density at radius 2 is 1.61 bits per heavy atom. The smallest absolute Gasteiger partial charge is 0.255 e. The molecule has 0 saturated carbocycles. The number of aromatic amines is 1. The third-order valence-electron chi connectivity index (χ3n) is 3.35. The highest BCUT2D eigenvalue weighted by Gasteiger charge is 2.08. The average molecular weight is 306 g/mol. The van der Waals surface area contributed by atoms with Crippen LogP contribution in [0.3, 0.4) is 0 Å². The number of nitrogens with zero attached hydrogens (tertiary/aromatic N) is 1. The molecule has 4 N–H and O–H groups in total. The van der Waals surface area contributed by atoms with Crippen molar-refractivity contribution in [3.8, 4) is 11.4 Å². The normalized spacial score (nSPS) is 10.3. The predicted molar refractivity (Wildman–Crippen MR) is 86.9 cm³/mol. The van der Waals surface area contributed by atoms with Crippen LogP contribution in [0.25, 0.3) is 11.4 Å². The molecule has 0 bridgehead atoms. The number of benzene rings is 2. The molecule has 0 atom stereocenters. The topological polar surface area (TPSA) is 101 Å². The van der Waals surface area contributed by atoms with E-state index in [9.17, 15) is 9.59 Å². The lowest BCUT2D eigenvalue weighted by Crippen LogP contribution is -2.13. The van der Waals surface area contributed by atoms with Crippen molar-refractivity contribution >= 4 is 17.5 Å². The number of carbonyl (C=O) groups excluding carboxylic acids is 2. The van der Waals surface area contributed by atoms with Gasteiger partial charge in [0.2, 0.25) is 5.91 Å². The van der Waals surface area contributed by atoms with Crippen LogP contribution in [-0.2, 0) is 0 Å². The fourth-order valence-corrected chi connectivity index (χ4v) is 2.12. The summed E-state index contributed by atoms with van der Waals surface area (Å²) in [6.07, 6.45) is 3.41. The average Bonchev–Trinajstić information content (AvgIpc) is 3.10. The number of hydrogen-bond donors (Lipinski definition) is 3. The van der Waals surface area contributed by atoms with Crippen LogP contribution in [0.5, 0.6) is 0 Å². The first-order valence-corrected chi connectivity index (χ1v) is 6.94. The van der Waals surface area contributed by atoms with Gasteiger partial charge in [-0.3, -0.25) is 9.59 Å². The van der Waals surface area contributed by atoms with Crippen molar-refractivity contribution in [2.45, 2.75) is 0 Å². The Labute approximate surface area is 132 Å². The molecule has 0 aliphatic rings. The van der Waals surface area contributed by atoms with Gasteiger partial charge in [0, 0.05) is 34.8 Å². The van der Waals surface area contributed by atoms with Gasteiger partial charge < -0.3 is 16.0 Å². The monoisotopic (exact) mass is 306 g/mol. The number of nitrogens with one attached hydrogen (secondary N) is 2. The highest BCUT2D eigenvalue weighted by atomic mass is 16.2. The van der Waals surface area contributed by atoms with Gasteiger partial charge in [-0.25, -0.2) is 4.98 Å². The first-order valence-electron chi connectivity index (χ1n) is 6.94. The number of aromatic nitrogens is 2. The Kier molecular flexibility index (Phi) is 3.88. The number of imidazole rings is 1. The maximum absolute atomic E-state index is 12.2. The number of amides is 2. The van der Waals surface area contributed by atoms with Gasteiger partial charge >= 0.3 is 0 Å². The molecule has 1 aromatic heterocycles. The number of carbonyl (C=O) groups is 2. The van der Waals surface area contributed by atoms with Gasteiger partial charge in [0.1, 0.15) is 5.82 Å². The van der Waals surface area contributed by atoms with Crippen molar-refractivity contribution in [2.24, 2.45) is 5.73 Å². The van der Waals surface area contributed by atoms with Gasteiger partial charge in [-0.05, 0) is 36.4 Å². The highest BCUT2D eigenvalue weighted by molar-refractivity contribution is 6.04. The molecule has 2 amide bonds. The van der Waals surface area contributed by atoms with Crippen LogP contribution in [0.4, 0.5) is 5.69 Å². The lowest BCUT2D eigenvalue weighted by Gasteiger charge is -2.06. The number of anilines is 1. The van der Waals surface area contributed by atoms with E-state index in [0.29, 0.717) is 16.8 Å². The minimum atomic E-state index is -0.503. The minimum Gasteiger partial charge on any atom is -0.366 e. The Hall–Kier alpha value is -3.41. The van der Waals surface area contributed by atoms with Crippen molar-refractivity contribution in [3.63, 3.8) is 0 Å². The van der Waals surface area contributed by atoms with E-state index in [4.69, 9.17) is 5.73 Å². The summed E-state index contributed by atoms with van der Waals surface area (Å²) in [4.78, 5) is 30.4. The SMILES string of the molecule is NC(=O)c1ccc(NC(=O)c2ccc(-c3ncc[nH]3)cc2)cc1. The molecule has 0 aliphatic carbocycles. The molecule has 6 heteroatoms. The van der Waals surface area contributed by atoms with E-state index in [0.717, 1.165) is 11.4 Å². The van der Waals surface area contributed by atoms with Crippen LogP contribution in [0.2, 0.25) is 0 Å². The predicted octanol–water partition coefficient (Wildman–Crippen LogP) is 2.43. The van der Waals surface area contributed by atoms with Crippen molar-refractivity contribution in [2.75, 3.05) is 5.32 Å². The summed E-state index contributed by atoms with van der Waals surface area (Å²) in [6.45, 7) is 0. The Bertz CT molecular complexity index is 822. The molecule has 114 valence electrons. The summed E-state index contributed by atoms with van der Waals surface area (Å²) in [5.74, 6) is 0.0122. The number of rotatable bonds is 4. The summed E-state index contributed by atoms with van der Waals surface area (Å²) >= 11 is 0. The van der Waals surface area contributed by atoms with E-state index in [2.05, 4.69) is 15.3 Å². The zero-order valence-corrected chi connectivity index (χ0v) is 12.1. The van der Waals surface area contributed by atoms with E-state index < -0.39 is 5.91 Å². The second kappa shape index (κ2) is 6.15. The molecule has 6 nitrogen and oxygen atoms in total. The second-order valence-electron chi connectivity index (χ2n) is 4.91. The number of hydrogen-bond acceptors (Lipinski definition) is 3. The van der Waals surface area contributed by atoms with E-state index >= 15 is 0 Å². The summed E-state index contributed by atoms with van der Waals surface area (Å²) in [5, 5.41) is 2.76. The molecule has 23 heavy (non-hydrogen) atoms. The first-order chi connectivity index (χ1) is 11.1. The molecule has 1 heterocycles. The van der Waals surface area contributed by atoms with Crippen LogP contribution in [0.1, 0.15) is 20.7 Å². The highest BCUT2D eigenvalue weighted by Crippen LogP contribution is 2.16. The van der Waals surface area contributed by atoms with Crippen LogP contribution < -0.4 is 11.1 Å². The molecular formula is C17H14N4O2. The van der Waals surface area contributed by atoms with Crippen LogP contribution >= 0.6 is 0 Å². The fraction of sp³-hybridized carbons (Fsp3) is 0. The second-order valence-corrected chi connectivity index (χ2v) is 4.91. The minimum absolute atomic E-state index is 0.234. The molecule has 0 fully saturated rings. The molecular weight excluding hydrogens is 292 g/mol. The van der Waals surface area contributed by atoms with Crippen molar-refractivity contribution in [1.82, 2.24) is 9.97 Å². The van der Waals surface area contributed by atoms with Gasteiger partial charge in [0.15, 0.2) is 0 Å². The fourth-order valence-electron chi connectivity index (χ4n) is 2.12. The van der Waals surface area contributed by atoms with Crippen molar-refractivity contribution in [3.05, 3.63) is 72.1 Å². The summed E-state index contributed by atoms with van der Waals surface area (Å²) in [5.41, 5.74) is 7.59. The standard InChI is InChI=1S/C17H14N4O2/c18-15(22)11-5-7-14(8-6-11)21-17(23)13-3-1-12(2-4-13)16-19-9-10-20-16/h1-10H,(H2,18,22)(H,19,20)(H,21,23). The lowest BCUT2D eigenvalue weighted by molar-refractivity contribution is 0.0998. The summed E-state index contributed by atoms with van der Waals surface area (Å²) in [7, 11) is 0. The Balaban J connectivity index is 1.71. The van der Waals surface area contributed by atoms with E-state index in [1.54, 1.807) is 48.8 Å². The molecule has 2 aromatic carbocycles. The molecule has 3 rings (SSSR count). The van der Waals surface area contributed by atoms with Gasteiger partial charge in [-0.15, -0.1) is 0 Å². The maximum Gasteiger partial charge on any atom is 0.255 e. The third kappa shape index (κ3) is 3.26. The van der Waals surface area contributed by atoms with E-state index in [-0.39, 0.29) is 5.91 Å². The molecule has 0 unspecified atom stereocenters. The van der Waals surface area contributed by atoms with E-state index in [1.165, 1.54) is 0 Å². The zero-order valence-electron chi connectivity index (χ0n) is 12.1. The maximum atomic E-state index is 12.2. The summed E-state index contributed by atoms with van der Waals surface area (Å²) in [6, 6.07) is 13.5. The van der Waals surface area contributed by atoms with Crippen LogP contribution in [0.15, 0.2) is 60.9 Å². The lowest BCUT2D eigenvalue weighted by atomic mass is 10.1. The van der Waals surface area contributed by atoms with Gasteiger partial charge in [0.25, 0.3) is 5.91 Å². The van der Waals surface area contributed by atoms with E-state index in [1.807, 2.05) is 12.1 Å². The van der Waals surface area contributed by atoms with Gasteiger partial charge in [0.05, 0.1) is 0 Å². The zero-order chi connectivity index (χ0) is 16.2. The molecule has 3 aromatic rings. The van der Waals surface area contributed by atoms with Crippen molar-refractivity contribution < 1.29 is 9.59 Å². The van der Waals surface area contributed by atoms with Crippen LogP contribution in [0, 0.1) is 0 Å². The quantitative estimate of drug-likeness (QED) is 0.690. The number of H-pyrrole nitrogens is 1. The molecule has 0 spiro atoms. The molecule has 0 aliphatic heterocycles. The Morgan fingerprint density at radius 3 is 2.17 bits per heavy atom. The number of nitrogens with two attached hydrogens (primary N) is 1. The van der Waals surface area contributed by atoms with Gasteiger partial charge in [-0.1, -0.05) is 12.1 Å². The van der Waals surface area contributed by atoms with Crippen molar-refractivity contribution in [1.29, 1.82) is 0 Å². The first kappa shape index (κ1) is 14.5. The molecule has 0 radical (unpaired) electrons. The van der Waals surface area contributed by atoms with Crippen LogP contribution in [-0.4, -0.2) is 21.8 Å². The third-order valence-corrected chi connectivity index (χ3v) is 3.35.